The van der Waals surface area contributed by atoms with Crippen molar-refractivity contribution >= 4 is 43.6 Å². The Labute approximate surface area is 261 Å². The minimum absolute atomic E-state index is 0.00321. The number of likely N-dealkylation sites (tertiary alicyclic amines) is 1. The molecule has 11 heteroatoms. The number of nitrogens with two attached hydrogens (primary N) is 1. The largest absolute Gasteiger partial charge is 0.383 e. The number of aromatic amines is 1. The van der Waals surface area contributed by atoms with Gasteiger partial charge in [0.05, 0.1) is 38.9 Å². The summed E-state index contributed by atoms with van der Waals surface area (Å²) in [5, 5.41) is 5.08. The third-order valence-electron chi connectivity index (χ3n) is 8.99. The number of ketones is 1. The quantitative estimate of drug-likeness (QED) is 0.217. The van der Waals surface area contributed by atoms with Gasteiger partial charge in [-0.2, -0.15) is 5.10 Å². The molecule has 0 radical (unpaired) electrons. The lowest BCUT2D eigenvalue weighted by Gasteiger charge is -2.26. The van der Waals surface area contributed by atoms with Crippen molar-refractivity contribution in [1.29, 1.82) is 0 Å². The lowest BCUT2D eigenvalue weighted by Crippen LogP contribution is -2.31. The highest BCUT2D eigenvalue weighted by Crippen LogP contribution is 2.32. The van der Waals surface area contributed by atoms with Gasteiger partial charge in [0.15, 0.2) is 0 Å². The number of aryl methyl sites for hydroxylation is 2. The molecule has 1 aliphatic rings. The van der Waals surface area contributed by atoms with E-state index >= 15 is 0 Å². The second kappa shape index (κ2) is 10.7. The molecule has 1 aliphatic heterocycles. The lowest BCUT2D eigenvalue weighted by atomic mass is 10.1. The molecule has 1 fully saturated rings. The van der Waals surface area contributed by atoms with Gasteiger partial charge >= 0.3 is 0 Å². The van der Waals surface area contributed by atoms with E-state index in [-0.39, 0.29) is 22.0 Å². The molecule has 0 amide bonds. The van der Waals surface area contributed by atoms with Crippen molar-refractivity contribution in [2.75, 3.05) is 5.73 Å². The van der Waals surface area contributed by atoms with Gasteiger partial charge in [-0.3, -0.25) is 9.69 Å². The van der Waals surface area contributed by atoms with Gasteiger partial charge in [-0.1, -0.05) is 23.8 Å². The molecule has 2 unspecified atom stereocenters. The van der Waals surface area contributed by atoms with Crippen molar-refractivity contribution < 1.29 is 13.2 Å². The predicted octanol–water partition coefficient (Wildman–Crippen LogP) is 5.74. The highest BCUT2D eigenvalue weighted by molar-refractivity contribution is 7.90. The van der Waals surface area contributed by atoms with Crippen molar-refractivity contribution in [2.24, 2.45) is 0 Å². The summed E-state index contributed by atoms with van der Waals surface area (Å²) in [6, 6.07) is 20.5. The Morgan fingerprint density at radius 3 is 2.44 bits per heavy atom. The number of nitrogens with zero attached hydrogens (tertiary/aromatic N) is 5. The fraction of sp³-hybridized carbons (Fsp3) is 0.265. The molecule has 230 valence electrons. The van der Waals surface area contributed by atoms with Crippen LogP contribution in [0.25, 0.3) is 27.6 Å². The summed E-state index contributed by atoms with van der Waals surface area (Å²) in [7, 11) is -4.15. The SMILES string of the molecule is Cc1ccc(S(=O)(=O)n2c(C(=O)c3cnn(-c4ccc5nc(C)[nH]c5c4)c3N)cc3cc(CN4C(C)CCC4C)ccc32)cc1. The van der Waals surface area contributed by atoms with E-state index < -0.39 is 15.8 Å². The maximum atomic E-state index is 14.3. The van der Waals surface area contributed by atoms with Crippen molar-refractivity contribution in [3.8, 4) is 5.69 Å². The number of H-pyrrole nitrogens is 1. The molecule has 4 heterocycles. The van der Waals surface area contributed by atoms with Crippen LogP contribution in [0, 0.1) is 13.8 Å². The molecule has 0 bridgehead atoms. The Morgan fingerprint density at radius 1 is 0.978 bits per heavy atom. The van der Waals surface area contributed by atoms with Crippen LogP contribution in [0.5, 0.6) is 0 Å². The first-order valence-corrected chi connectivity index (χ1v) is 16.5. The van der Waals surface area contributed by atoms with Crippen LogP contribution in [0.15, 0.2) is 77.8 Å². The standard InChI is InChI=1S/C34H35N7O3S/c1-20-5-11-27(12-6-20)45(43,44)41-31-14-9-24(19-39-21(2)7-8-22(39)3)15-25(31)16-32(41)33(42)28-18-36-40(34(28)35)26-10-13-29-30(17-26)38-23(4)37-29/h5-6,9-18,21-22H,7-8,19,35H2,1-4H3,(H,37,38). The van der Waals surface area contributed by atoms with Crippen LogP contribution >= 0.6 is 0 Å². The number of rotatable bonds is 7. The Balaban J connectivity index is 1.34. The van der Waals surface area contributed by atoms with E-state index in [1.54, 1.807) is 36.4 Å². The van der Waals surface area contributed by atoms with Crippen molar-refractivity contribution in [2.45, 2.75) is 64.1 Å². The van der Waals surface area contributed by atoms with Crippen LogP contribution in [-0.2, 0) is 16.6 Å². The van der Waals surface area contributed by atoms with E-state index in [1.165, 1.54) is 10.9 Å². The number of fused-ring (bicyclic) bond motifs is 2. The van der Waals surface area contributed by atoms with Gasteiger partial charge in [-0.25, -0.2) is 22.1 Å². The van der Waals surface area contributed by atoms with Crippen LogP contribution in [-0.4, -0.2) is 54.9 Å². The number of nitrogens with one attached hydrogen (secondary N) is 1. The molecule has 7 rings (SSSR count). The molecule has 1 saturated heterocycles. The molecule has 3 aromatic carbocycles. The molecule has 0 aliphatic carbocycles. The second-order valence-corrected chi connectivity index (χ2v) is 13.9. The predicted molar refractivity (Wildman–Crippen MR) is 175 cm³/mol. The fourth-order valence-electron chi connectivity index (χ4n) is 6.48. The molecular formula is C34H35N7O3S. The summed E-state index contributed by atoms with van der Waals surface area (Å²) in [4.78, 5) is 24.4. The monoisotopic (exact) mass is 621 g/mol. The molecule has 2 atom stereocenters. The molecule has 10 nitrogen and oxygen atoms in total. The Hall–Kier alpha value is -4.74. The zero-order chi connectivity index (χ0) is 31.6. The summed E-state index contributed by atoms with van der Waals surface area (Å²) in [5.74, 6) is 0.354. The number of anilines is 1. The van der Waals surface area contributed by atoms with E-state index in [0.717, 1.165) is 51.3 Å². The minimum Gasteiger partial charge on any atom is -0.383 e. The maximum absolute atomic E-state index is 14.3. The van der Waals surface area contributed by atoms with Gasteiger partial charge in [0.2, 0.25) is 5.78 Å². The molecule has 45 heavy (non-hydrogen) atoms. The van der Waals surface area contributed by atoms with Gasteiger partial charge in [0, 0.05) is 24.0 Å². The van der Waals surface area contributed by atoms with Gasteiger partial charge in [-0.05, 0) is 94.6 Å². The minimum atomic E-state index is -4.15. The van der Waals surface area contributed by atoms with Crippen molar-refractivity contribution in [1.82, 2.24) is 28.6 Å². The zero-order valence-corrected chi connectivity index (χ0v) is 26.5. The fourth-order valence-corrected chi connectivity index (χ4v) is 7.99. The van der Waals surface area contributed by atoms with Gasteiger partial charge in [0.1, 0.15) is 17.3 Å². The number of carbonyl (C=O) groups excluding carboxylic acids is 1. The summed E-state index contributed by atoms with van der Waals surface area (Å²) in [5.41, 5.74) is 11.3. The molecule has 0 saturated carbocycles. The average Bonchev–Trinajstić information content (AvgIpc) is 3.77. The smallest absolute Gasteiger partial charge is 0.268 e. The third-order valence-corrected chi connectivity index (χ3v) is 10.7. The maximum Gasteiger partial charge on any atom is 0.268 e. The topological polar surface area (TPSA) is 132 Å². The normalized spacial score (nSPS) is 17.5. The summed E-state index contributed by atoms with van der Waals surface area (Å²) < 4.78 is 31.0. The van der Waals surface area contributed by atoms with Crippen LogP contribution in [0.3, 0.4) is 0 Å². The van der Waals surface area contributed by atoms with Crippen LogP contribution in [0.2, 0.25) is 0 Å². The van der Waals surface area contributed by atoms with E-state index in [9.17, 15) is 13.2 Å². The first kappa shape index (κ1) is 29.0. The Kier molecular flexibility index (Phi) is 6.90. The first-order chi connectivity index (χ1) is 21.5. The number of aromatic nitrogens is 5. The second-order valence-electron chi connectivity index (χ2n) is 12.2. The van der Waals surface area contributed by atoms with E-state index in [0.29, 0.717) is 28.7 Å². The lowest BCUT2D eigenvalue weighted by molar-refractivity contribution is 0.103. The number of carbonyl (C=O) groups is 1. The van der Waals surface area contributed by atoms with Crippen LogP contribution in [0.4, 0.5) is 5.82 Å². The Morgan fingerprint density at radius 2 is 1.71 bits per heavy atom. The van der Waals surface area contributed by atoms with Crippen LogP contribution < -0.4 is 5.73 Å². The molecular weight excluding hydrogens is 586 g/mol. The first-order valence-electron chi connectivity index (χ1n) is 15.1. The highest BCUT2D eigenvalue weighted by Gasteiger charge is 2.30. The van der Waals surface area contributed by atoms with Crippen molar-refractivity contribution in [3.63, 3.8) is 0 Å². The van der Waals surface area contributed by atoms with E-state index in [2.05, 4.69) is 33.8 Å². The number of hydrogen-bond donors (Lipinski definition) is 2. The Bertz CT molecular complexity index is 2200. The van der Waals surface area contributed by atoms with Gasteiger partial charge in [-0.15, -0.1) is 0 Å². The van der Waals surface area contributed by atoms with Crippen molar-refractivity contribution in [3.05, 3.63) is 101 Å². The molecule has 0 spiro atoms. The summed E-state index contributed by atoms with van der Waals surface area (Å²) in [6.07, 6.45) is 3.69. The molecule has 3 N–H and O–H groups in total. The zero-order valence-electron chi connectivity index (χ0n) is 25.7. The summed E-state index contributed by atoms with van der Waals surface area (Å²) in [6.45, 7) is 8.99. The summed E-state index contributed by atoms with van der Waals surface area (Å²) >= 11 is 0. The van der Waals surface area contributed by atoms with Gasteiger partial charge in [0.25, 0.3) is 10.0 Å². The van der Waals surface area contributed by atoms with E-state index in [1.807, 2.05) is 44.2 Å². The van der Waals surface area contributed by atoms with Gasteiger partial charge < -0.3 is 10.7 Å². The third kappa shape index (κ3) is 4.92. The number of imidazole rings is 1. The van der Waals surface area contributed by atoms with E-state index in [4.69, 9.17) is 5.73 Å². The van der Waals surface area contributed by atoms with Crippen LogP contribution in [0.1, 0.15) is 59.7 Å². The molecule has 3 aromatic heterocycles. The average molecular weight is 622 g/mol. The highest BCUT2D eigenvalue weighted by atomic mass is 32.2. The number of nitrogen functional groups attached to an aromatic ring is 1. The molecule has 6 aromatic rings. The number of hydrogen-bond acceptors (Lipinski definition) is 7. The number of benzene rings is 3.